The average Bonchev–Trinajstić information content (AvgIpc) is 0.826. The monoisotopic (exact) mass is 1460 g/mol. The highest BCUT2D eigenvalue weighted by atomic mass is 19.4. The Labute approximate surface area is 604 Å². The van der Waals surface area contributed by atoms with E-state index in [4.69, 9.17) is 17.2 Å². The van der Waals surface area contributed by atoms with E-state index in [-0.39, 0.29) is 100.0 Å². The van der Waals surface area contributed by atoms with Gasteiger partial charge in [-0.2, -0.15) is 13.2 Å². The normalized spacial score (nSPS) is 15.3. The molecule has 0 spiro atoms. The molecule has 2 rings (SSSR count). The molecule has 2 aromatic carbocycles. The quantitative estimate of drug-likeness (QED) is 0.0385. The maximum atomic E-state index is 14.5. The molecule has 9 amide bonds. The molecule has 580 valence electrons. The topological polar surface area (TPSA) is 452 Å². The number of nitrogens with one attached hydrogen (secondary N) is 9. The number of hydrogen-bond acceptors (Lipinski definition) is 15. The summed E-state index contributed by atoms with van der Waals surface area (Å²) in [6.07, 6.45) is -5.89. The van der Waals surface area contributed by atoms with Crippen LogP contribution in [0, 0.1) is 23.7 Å². The zero-order valence-electron chi connectivity index (χ0n) is 61.3. The van der Waals surface area contributed by atoms with Crippen LogP contribution in [0.1, 0.15) is 213 Å². The van der Waals surface area contributed by atoms with E-state index in [0.29, 0.717) is 51.5 Å². The van der Waals surface area contributed by atoms with Crippen LogP contribution in [-0.2, 0) is 76.6 Å². The van der Waals surface area contributed by atoms with Gasteiger partial charge in [-0.3, -0.25) is 57.5 Å². The van der Waals surface area contributed by atoms with Crippen molar-refractivity contribution in [2.75, 3.05) is 13.1 Å². The van der Waals surface area contributed by atoms with Crippen molar-refractivity contribution in [1.29, 1.82) is 0 Å². The molecule has 0 radical (unpaired) electrons. The molecule has 0 aliphatic rings. The molecule has 0 bridgehead atoms. The second kappa shape index (κ2) is 48.7. The number of alkyl halides is 3. The highest BCUT2D eigenvalue weighted by molar-refractivity contribution is 5.86. The fraction of sp³-hybridized carbons (Fsp3) is 0.671. The Morgan fingerprint density at radius 2 is 0.738 bits per heavy atom. The number of rotatable bonds is 53. The molecule has 0 aliphatic heterocycles. The molecule has 13 atom stereocenters. The number of hydrogen-bond donors (Lipinski definition) is 15. The molecule has 30 heteroatoms. The molecule has 27 nitrogen and oxygen atoms in total. The van der Waals surface area contributed by atoms with Gasteiger partial charge in [-0.05, 0) is 112 Å². The first-order valence-electron chi connectivity index (χ1n) is 36.2. The number of halogens is 3. The van der Waals surface area contributed by atoms with Crippen molar-refractivity contribution in [3.8, 4) is 0 Å². The molecule has 0 unspecified atom stereocenters. The van der Waals surface area contributed by atoms with Crippen LogP contribution >= 0.6 is 0 Å². The molecule has 0 aromatic heterocycles. The SMILES string of the molecule is CC[C@H](C)[C@@H](CC(=O)N[C@H](CC(=O)N[C@@H](CCC(=O)O)CC(=O)N[C@H](CC(=O)N[C@H](CC(=O)N[C@@H](CCCN)CC(=O)N[C@H](CC(=O)N[C@H](CC(=O)N[C@@H](CCC(=O)O)CC(=O)O)Cc1ccccc1)[C@@H](C)CC)Cc1ccccc1C(F)(F)F)[C@@H](C)CC)CC(C)C)NC(=O)C[C@@H](N)CCCN. The summed E-state index contributed by atoms with van der Waals surface area (Å²) in [6.45, 7) is 15.4. The maximum absolute atomic E-state index is 14.5. The van der Waals surface area contributed by atoms with Crippen LogP contribution in [0.4, 0.5) is 13.2 Å². The number of aliphatic carboxylic acids is 3. The van der Waals surface area contributed by atoms with Gasteiger partial charge in [0.15, 0.2) is 0 Å². The lowest BCUT2D eigenvalue weighted by Gasteiger charge is -2.28. The Balaban J connectivity index is 2.37. The van der Waals surface area contributed by atoms with Gasteiger partial charge in [0.2, 0.25) is 53.2 Å². The lowest BCUT2D eigenvalue weighted by atomic mass is 9.94. The number of carbonyl (C=O) groups excluding carboxylic acids is 9. The highest BCUT2D eigenvalue weighted by Gasteiger charge is 2.36. The van der Waals surface area contributed by atoms with Crippen molar-refractivity contribution in [1.82, 2.24) is 47.9 Å². The maximum Gasteiger partial charge on any atom is 0.416 e. The first-order valence-corrected chi connectivity index (χ1v) is 36.2. The fourth-order valence-corrected chi connectivity index (χ4v) is 12.1. The number of carboxylic acids is 3. The minimum atomic E-state index is -4.83. The second-order valence-electron chi connectivity index (χ2n) is 27.9. The van der Waals surface area contributed by atoms with E-state index in [1.165, 1.54) is 18.2 Å². The van der Waals surface area contributed by atoms with Gasteiger partial charge in [0.25, 0.3) is 0 Å². The Kier molecular flexibility index (Phi) is 42.9. The van der Waals surface area contributed by atoms with Crippen molar-refractivity contribution in [3.05, 3.63) is 71.3 Å². The molecular formula is C73H117F3N12O15. The summed E-state index contributed by atoms with van der Waals surface area (Å²) in [6, 6.07) is 5.12. The van der Waals surface area contributed by atoms with Crippen LogP contribution in [0.25, 0.3) is 0 Å². The van der Waals surface area contributed by atoms with E-state index in [0.717, 1.165) is 11.6 Å². The van der Waals surface area contributed by atoms with Crippen molar-refractivity contribution in [3.63, 3.8) is 0 Å². The van der Waals surface area contributed by atoms with E-state index in [1.807, 2.05) is 41.5 Å². The Bertz CT molecular complexity index is 3000. The van der Waals surface area contributed by atoms with Gasteiger partial charge in [0, 0.05) is 131 Å². The molecular weight excluding hydrogens is 1340 g/mol. The van der Waals surface area contributed by atoms with Crippen molar-refractivity contribution in [2.45, 2.75) is 276 Å². The van der Waals surface area contributed by atoms with Gasteiger partial charge >= 0.3 is 24.1 Å². The predicted molar refractivity (Wildman–Crippen MR) is 383 cm³/mol. The summed E-state index contributed by atoms with van der Waals surface area (Å²) in [5, 5.41) is 53.7. The van der Waals surface area contributed by atoms with Crippen molar-refractivity contribution < 1.29 is 86.0 Å². The standard InChI is InChI=1S/C73H117F3N12O15/c1-9-45(6)58(86-61(89)34-50(79)22-17-29-77)41-67(95)83-54(31-44(4)5)37-62(90)81-52(25-27-70(98)99)36-66(94)88-60(47(8)11-3)43-69(97)85-56(33-49-21-15-16-24-57(49)73(74,75)76)39-64(92)80-51(23-18-30-78)35-65(93)87-59(46(7)10-2)42-68(96)84-55(32-48-19-13-12-14-20-48)38-63(91)82-53(40-72(102)103)26-28-71(100)101/h12-16,19-21,24,44-47,50-56,58-60H,9-11,17-18,22-23,25-43,77-79H2,1-8H3,(H,80,92)(H,81,90)(H,82,91)(H,83,95)(H,84,96)(H,85,97)(H,86,89)(H,87,93)(H,88,94)(H,98,99)(H,100,101)(H,102,103)/t45-,46-,47-,50-,51-,52-,53-,54-,55-,56-,58+,59+,60+/m0/s1. The second-order valence-corrected chi connectivity index (χ2v) is 27.9. The predicted octanol–water partition coefficient (Wildman–Crippen LogP) is 5.56. The number of benzene rings is 2. The minimum absolute atomic E-state index is 0.00230. The Hall–Kier alpha value is -8.25. The number of carbonyl (C=O) groups is 12. The van der Waals surface area contributed by atoms with Gasteiger partial charge in [-0.1, -0.05) is 123 Å². The van der Waals surface area contributed by atoms with E-state index >= 15 is 0 Å². The molecule has 2 aromatic rings. The first-order chi connectivity index (χ1) is 48.6. The van der Waals surface area contributed by atoms with Crippen LogP contribution in [0.2, 0.25) is 0 Å². The number of amides is 9. The molecule has 103 heavy (non-hydrogen) atoms. The lowest BCUT2D eigenvalue weighted by Crippen LogP contribution is -2.49. The number of carboxylic acid groups (broad SMARTS) is 3. The van der Waals surface area contributed by atoms with Gasteiger partial charge in [-0.15, -0.1) is 0 Å². The smallest absolute Gasteiger partial charge is 0.416 e. The van der Waals surface area contributed by atoms with Gasteiger partial charge in [0.05, 0.1) is 12.0 Å². The summed E-state index contributed by atoms with van der Waals surface area (Å²) in [4.78, 5) is 159. The third kappa shape index (κ3) is 39.8. The van der Waals surface area contributed by atoms with Crippen LogP contribution in [0.15, 0.2) is 54.6 Å². The van der Waals surface area contributed by atoms with E-state index in [9.17, 15) is 86.0 Å². The van der Waals surface area contributed by atoms with Crippen LogP contribution in [0.5, 0.6) is 0 Å². The summed E-state index contributed by atoms with van der Waals surface area (Å²) >= 11 is 0. The third-order valence-electron chi connectivity index (χ3n) is 18.3. The number of nitrogens with two attached hydrogens (primary N) is 3. The van der Waals surface area contributed by atoms with Crippen LogP contribution in [-0.4, -0.2) is 160 Å². The van der Waals surface area contributed by atoms with Crippen molar-refractivity contribution in [2.24, 2.45) is 40.9 Å². The van der Waals surface area contributed by atoms with E-state index in [1.54, 1.807) is 44.2 Å². The first kappa shape index (κ1) is 90.8. The third-order valence-corrected chi connectivity index (χ3v) is 18.3. The fourth-order valence-electron chi connectivity index (χ4n) is 12.1. The summed E-state index contributed by atoms with van der Waals surface area (Å²) in [5.41, 5.74) is 17.1. The van der Waals surface area contributed by atoms with E-state index < -0.39 is 188 Å². The molecule has 0 saturated carbocycles. The molecule has 18 N–H and O–H groups in total. The summed E-state index contributed by atoms with van der Waals surface area (Å²) in [7, 11) is 0. The zero-order valence-corrected chi connectivity index (χ0v) is 61.3. The van der Waals surface area contributed by atoms with Gasteiger partial charge < -0.3 is 80.4 Å². The molecule has 0 aliphatic carbocycles. The highest BCUT2D eigenvalue weighted by Crippen LogP contribution is 2.33. The van der Waals surface area contributed by atoms with Crippen LogP contribution in [0.3, 0.4) is 0 Å². The molecule has 0 heterocycles. The van der Waals surface area contributed by atoms with Crippen LogP contribution < -0.4 is 65.1 Å². The van der Waals surface area contributed by atoms with Gasteiger partial charge in [-0.25, -0.2) is 0 Å². The summed E-state index contributed by atoms with van der Waals surface area (Å²) in [5.74, 6) is -9.68. The van der Waals surface area contributed by atoms with Gasteiger partial charge in [0.1, 0.15) is 0 Å². The lowest BCUT2D eigenvalue weighted by molar-refractivity contribution is -0.140. The Morgan fingerprint density at radius 1 is 0.398 bits per heavy atom. The minimum Gasteiger partial charge on any atom is -0.481 e. The molecule has 0 fully saturated rings. The van der Waals surface area contributed by atoms with Crippen molar-refractivity contribution >= 4 is 71.1 Å². The molecule has 0 saturated heterocycles. The largest absolute Gasteiger partial charge is 0.481 e. The summed E-state index contributed by atoms with van der Waals surface area (Å²) < 4.78 is 43.6. The Morgan fingerprint density at radius 3 is 1.15 bits per heavy atom. The zero-order chi connectivity index (χ0) is 77.4. The van der Waals surface area contributed by atoms with E-state index in [2.05, 4.69) is 47.9 Å². The average molecular weight is 1460 g/mol.